The summed E-state index contributed by atoms with van der Waals surface area (Å²) >= 11 is 0. The van der Waals surface area contributed by atoms with Gasteiger partial charge in [-0.15, -0.1) is 0 Å². The maximum atomic E-state index is 10.7. The number of aliphatic hydroxyl groups excluding tert-OH is 1. The van der Waals surface area contributed by atoms with Crippen LogP contribution in [0.5, 0.6) is 5.75 Å². The van der Waals surface area contributed by atoms with Crippen LogP contribution < -0.4 is 10.1 Å². The molecule has 0 spiro atoms. The van der Waals surface area contributed by atoms with Gasteiger partial charge in [-0.25, -0.2) is 0 Å². The van der Waals surface area contributed by atoms with E-state index in [2.05, 4.69) is 24.1 Å². The minimum absolute atomic E-state index is 0.217. The zero-order valence-electron chi connectivity index (χ0n) is 13.6. The van der Waals surface area contributed by atoms with Crippen LogP contribution >= 0.6 is 0 Å². The molecule has 1 aromatic rings. The Kier molecular flexibility index (Phi) is 5.62. The average molecular weight is 292 g/mol. The highest BCUT2D eigenvalue weighted by atomic mass is 16.5. The fraction of sp³-hybridized carbons (Fsp3) is 0.647. The van der Waals surface area contributed by atoms with Gasteiger partial charge < -0.3 is 20.1 Å². The molecule has 21 heavy (non-hydrogen) atoms. The molecule has 0 amide bonds. The molecule has 1 saturated heterocycles. The predicted molar refractivity (Wildman–Crippen MR) is 85.9 cm³/mol. The lowest BCUT2D eigenvalue weighted by atomic mass is 9.91. The highest BCUT2D eigenvalue weighted by Crippen LogP contribution is 2.31. The van der Waals surface area contributed by atoms with Crippen LogP contribution in [0.25, 0.3) is 0 Å². The van der Waals surface area contributed by atoms with E-state index in [-0.39, 0.29) is 5.92 Å². The van der Waals surface area contributed by atoms with Gasteiger partial charge in [-0.2, -0.15) is 0 Å². The first-order chi connectivity index (χ1) is 10.0. The summed E-state index contributed by atoms with van der Waals surface area (Å²) in [4.78, 5) is 2.43. The van der Waals surface area contributed by atoms with Gasteiger partial charge in [0.05, 0.1) is 13.2 Å². The van der Waals surface area contributed by atoms with Crippen molar-refractivity contribution in [1.82, 2.24) is 10.2 Å². The maximum Gasteiger partial charge on any atom is 0.122 e. The molecule has 0 saturated carbocycles. The van der Waals surface area contributed by atoms with Crippen molar-refractivity contribution < 1.29 is 9.84 Å². The summed E-state index contributed by atoms with van der Waals surface area (Å²) in [6, 6.07) is 3.96. The zero-order valence-corrected chi connectivity index (χ0v) is 13.6. The monoisotopic (exact) mass is 292 g/mol. The molecule has 2 unspecified atom stereocenters. The Bertz CT molecular complexity index is 470. The van der Waals surface area contributed by atoms with E-state index < -0.39 is 6.10 Å². The van der Waals surface area contributed by atoms with Crippen molar-refractivity contribution in [3.8, 4) is 5.75 Å². The van der Waals surface area contributed by atoms with Gasteiger partial charge in [0.25, 0.3) is 0 Å². The number of ether oxygens (including phenoxy) is 1. The third kappa shape index (κ3) is 3.76. The Labute approximate surface area is 128 Å². The van der Waals surface area contributed by atoms with Crippen molar-refractivity contribution in [3.63, 3.8) is 0 Å². The minimum atomic E-state index is -0.426. The highest BCUT2D eigenvalue weighted by Gasteiger charge is 2.22. The number of nitrogens with one attached hydrogen (secondary N) is 1. The molecular weight excluding hydrogens is 264 g/mol. The number of piperazine rings is 1. The molecule has 0 radical (unpaired) electrons. The lowest BCUT2D eigenvalue weighted by Crippen LogP contribution is -2.45. The van der Waals surface area contributed by atoms with Crippen LogP contribution in [0.4, 0.5) is 0 Å². The van der Waals surface area contributed by atoms with E-state index in [0.29, 0.717) is 0 Å². The first kappa shape index (κ1) is 16.3. The first-order valence-electron chi connectivity index (χ1n) is 7.79. The fourth-order valence-electron chi connectivity index (χ4n) is 3.07. The normalized spacial score (nSPS) is 19.3. The van der Waals surface area contributed by atoms with Crippen molar-refractivity contribution in [2.24, 2.45) is 5.92 Å². The summed E-state index contributed by atoms with van der Waals surface area (Å²) in [5, 5.41) is 14.1. The smallest absolute Gasteiger partial charge is 0.122 e. The third-order valence-electron chi connectivity index (χ3n) is 4.61. The summed E-state index contributed by atoms with van der Waals surface area (Å²) in [5.41, 5.74) is 3.27. The molecule has 0 aliphatic carbocycles. The standard InChI is InChI=1S/C17H28N2O2/c1-12(11-19-9-7-18-8-10-19)17(20)15-5-6-16(21-4)14(3)13(15)2/h5-6,12,17-18,20H,7-11H2,1-4H3. The maximum absolute atomic E-state index is 10.7. The van der Waals surface area contributed by atoms with Crippen LogP contribution in [0.3, 0.4) is 0 Å². The van der Waals surface area contributed by atoms with E-state index in [1.807, 2.05) is 19.1 Å². The number of methoxy groups -OCH3 is 1. The van der Waals surface area contributed by atoms with Gasteiger partial charge in [-0.1, -0.05) is 13.0 Å². The van der Waals surface area contributed by atoms with E-state index >= 15 is 0 Å². The number of aliphatic hydroxyl groups is 1. The second-order valence-corrected chi connectivity index (χ2v) is 6.08. The van der Waals surface area contributed by atoms with Crippen molar-refractivity contribution >= 4 is 0 Å². The number of nitrogens with zero attached hydrogens (tertiary/aromatic N) is 1. The summed E-state index contributed by atoms with van der Waals surface area (Å²) < 4.78 is 5.35. The summed E-state index contributed by atoms with van der Waals surface area (Å²) in [5.74, 6) is 1.10. The van der Waals surface area contributed by atoms with Crippen molar-refractivity contribution in [3.05, 3.63) is 28.8 Å². The SMILES string of the molecule is COc1ccc(C(O)C(C)CN2CCNCC2)c(C)c1C. The molecule has 1 heterocycles. The molecular formula is C17H28N2O2. The van der Waals surface area contributed by atoms with Gasteiger partial charge in [0.2, 0.25) is 0 Å². The number of rotatable bonds is 5. The summed E-state index contributed by atoms with van der Waals surface area (Å²) in [6.07, 6.45) is -0.426. The summed E-state index contributed by atoms with van der Waals surface area (Å²) in [6.45, 7) is 11.4. The predicted octanol–water partition coefficient (Wildman–Crippen LogP) is 1.89. The Balaban J connectivity index is 2.08. The molecule has 1 aliphatic rings. The quantitative estimate of drug-likeness (QED) is 0.870. The molecule has 0 bridgehead atoms. The molecule has 4 heteroatoms. The van der Waals surface area contributed by atoms with Crippen molar-refractivity contribution in [1.29, 1.82) is 0 Å². The molecule has 2 atom stereocenters. The molecule has 1 aliphatic heterocycles. The van der Waals surface area contributed by atoms with E-state index in [0.717, 1.165) is 55.2 Å². The van der Waals surface area contributed by atoms with Gasteiger partial charge in [-0.05, 0) is 42.5 Å². The van der Waals surface area contributed by atoms with Crippen molar-refractivity contribution in [2.75, 3.05) is 39.8 Å². The van der Waals surface area contributed by atoms with Gasteiger partial charge in [-0.3, -0.25) is 0 Å². The van der Waals surface area contributed by atoms with E-state index in [1.165, 1.54) is 0 Å². The van der Waals surface area contributed by atoms with Crippen LogP contribution in [-0.4, -0.2) is 49.8 Å². The fourth-order valence-corrected chi connectivity index (χ4v) is 3.07. The van der Waals surface area contributed by atoms with Gasteiger partial charge >= 0.3 is 0 Å². The molecule has 1 fully saturated rings. The van der Waals surface area contributed by atoms with Crippen LogP contribution in [0, 0.1) is 19.8 Å². The molecule has 118 valence electrons. The van der Waals surface area contributed by atoms with Crippen LogP contribution in [0.15, 0.2) is 12.1 Å². The number of hydrogen-bond donors (Lipinski definition) is 2. The third-order valence-corrected chi connectivity index (χ3v) is 4.61. The molecule has 1 aromatic carbocycles. The number of benzene rings is 1. The molecule has 2 rings (SSSR count). The van der Waals surface area contributed by atoms with E-state index in [9.17, 15) is 5.11 Å². The average Bonchev–Trinajstić information content (AvgIpc) is 2.50. The Morgan fingerprint density at radius 2 is 1.90 bits per heavy atom. The lowest BCUT2D eigenvalue weighted by molar-refractivity contribution is 0.0837. The van der Waals surface area contributed by atoms with Gasteiger partial charge in [0, 0.05) is 32.7 Å². The highest BCUT2D eigenvalue weighted by molar-refractivity contribution is 5.44. The Morgan fingerprint density at radius 3 is 2.52 bits per heavy atom. The van der Waals surface area contributed by atoms with E-state index in [1.54, 1.807) is 7.11 Å². The second-order valence-electron chi connectivity index (χ2n) is 6.08. The molecule has 2 N–H and O–H groups in total. The Hall–Kier alpha value is -1.10. The zero-order chi connectivity index (χ0) is 15.4. The molecule has 0 aromatic heterocycles. The van der Waals surface area contributed by atoms with Crippen molar-refractivity contribution in [2.45, 2.75) is 26.9 Å². The van der Waals surface area contributed by atoms with Crippen LogP contribution in [-0.2, 0) is 0 Å². The van der Waals surface area contributed by atoms with Gasteiger partial charge in [0.1, 0.15) is 5.75 Å². The van der Waals surface area contributed by atoms with Gasteiger partial charge in [0.15, 0.2) is 0 Å². The lowest BCUT2D eigenvalue weighted by Gasteiger charge is -2.32. The second kappa shape index (κ2) is 7.25. The van der Waals surface area contributed by atoms with Crippen LogP contribution in [0.2, 0.25) is 0 Å². The minimum Gasteiger partial charge on any atom is -0.496 e. The van der Waals surface area contributed by atoms with E-state index in [4.69, 9.17) is 4.74 Å². The van der Waals surface area contributed by atoms with Crippen LogP contribution in [0.1, 0.15) is 29.7 Å². The topological polar surface area (TPSA) is 44.7 Å². The molecule has 4 nitrogen and oxygen atoms in total. The number of hydrogen-bond acceptors (Lipinski definition) is 4. The Morgan fingerprint density at radius 1 is 1.24 bits per heavy atom. The summed E-state index contributed by atoms with van der Waals surface area (Å²) in [7, 11) is 1.69. The first-order valence-corrected chi connectivity index (χ1v) is 7.79. The largest absolute Gasteiger partial charge is 0.496 e.